The van der Waals surface area contributed by atoms with E-state index in [0.29, 0.717) is 11.3 Å². The SMILES string of the molecule is O=C(COc1ccc(Br)cc1)NNC(=O)c1cc2ccccc2o1. The predicted molar refractivity (Wildman–Crippen MR) is 91.5 cm³/mol. The standard InChI is InChI=1S/C17H13BrN2O4/c18-12-5-7-13(8-6-12)23-10-16(21)19-20-17(22)15-9-11-3-1-2-4-14(11)24-15/h1-9H,10H2,(H,19,21)(H,20,22). The highest BCUT2D eigenvalue weighted by Crippen LogP contribution is 2.18. The molecule has 0 unspecified atom stereocenters. The number of halogens is 1. The summed E-state index contributed by atoms with van der Waals surface area (Å²) < 4.78 is 11.6. The number of nitrogens with one attached hydrogen (secondary N) is 2. The van der Waals surface area contributed by atoms with E-state index in [1.165, 1.54) is 0 Å². The Morgan fingerprint density at radius 3 is 2.54 bits per heavy atom. The number of ether oxygens (including phenoxy) is 1. The Balaban J connectivity index is 1.50. The maximum absolute atomic E-state index is 12.0. The van der Waals surface area contributed by atoms with Crippen molar-refractivity contribution >= 4 is 38.7 Å². The van der Waals surface area contributed by atoms with E-state index in [-0.39, 0.29) is 12.4 Å². The summed E-state index contributed by atoms with van der Waals surface area (Å²) >= 11 is 3.31. The second-order valence-electron chi connectivity index (χ2n) is 4.89. The van der Waals surface area contributed by atoms with Crippen molar-refractivity contribution < 1.29 is 18.7 Å². The van der Waals surface area contributed by atoms with E-state index in [0.717, 1.165) is 9.86 Å². The molecular formula is C17H13BrN2O4. The molecule has 0 aliphatic heterocycles. The largest absolute Gasteiger partial charge is 0.484 e. The molecule has 2 aromatic carbocycles. The van der Waals surface area contributed by atoms with Gasteiger partial charge < -0.3 is 9.15 Å². The summed E-state index contributed by atoms with van der Waals surface area (Å²) in [5.41, 5.74) is 5.16. The average Bonchev–Trinajstić information content (AvgIpc) is 3.03. The molecule has 1 heterocycles. The minimum atomic E-state index is -0.539. The van der Waals surface area contributed by atoms with Gasteiger partial charge in [-0.1, -0.05) is 34.1 Å². The molecule has 0 aliphatic rings. The molecule has 0 aliphatic carbocycles. The Morgan fingerprint density at radius 1 is 1.04 bits per heavy atom. The van der Waals surface area contributed by atoms with Gasteiger partial charge in [0.25, 0.3) is 5.91 Å². The summed E-state index contributed by atoms with van der Waals surface area (Å²) in [5, 5.41) is 0.813. The van der Waals surface area contributed by atoms with E-state index < -0.39 is 11.8 Å². The van der Waals surface area contributed by atoms with Crippen molar-refractivity contribution in [1.29, 1.82) is 0 Å². The second kappa shape index (κ2) is 7.18. The summed E-state index contributed by atoms with van der Waals surface area (Å²) in [5.74, 6) is -0.354. The lowest BCUT2D eigenvalue weighted by Crippen LogP contribution is -2.43. The number of furan rings is 1. The molecule has 3 rings (SSSR count). The van der Waals surface area contributed by atoms with Crippen LogP contribution in [0.15, 0.2) is 63.5 Å². The second-order valence-corrected chi connectivity index (χ2v) is 5.81. The van der Waals surface area contributed by atoms with Gasteiger partial charge in [0.05, 0.1) is 0 Å². The van der Waals surface area contributed by atoms with Crippen molar-refractivity contribution in [2.45, 2.75) is 0 Å². The Labute approximate surface area is 145 Å². The maximum Gasteiger partial charge on any atom is 0.305 e. The summed E-state index contributed by atoms with van der Waals surface area (Å²) in [6.45, 7) is -0.220. The van der Waals surface area contributed by atoms with Gasteiger partial charge in [0.1, 0.15) is 11.3 Å². The lowest BCUT2D eigenvalue weighted by Gasteiger charge is -2.07. The lowest BCUT2D eigenvalue weighted by atomic mass is 10.2. The molecule has 0 bridgehead atoms. The van der Waals surface area contributed by atoms with Gasteiger partial charge in [-0.05, 0) is 36.4 Å². The Morgan fingerprint density at radius 2 is 1.79 bits per heavy atom. The minimum Gasteiger partial charge on any atom is -0.484 e. The fourth-order valence-electron chi connectivity index (χ4n) is 2.00. The Kier molecular flexibility index (Phi) is 4.81. The number of hydrazine groups is 1. The number of carbonyl (C=O) groups excluding carboxylic acids is 2. The van der Waals surface area contributed by atoms with E-state index in [9.17, 15) is 9.59 Å². The number of carbonyl (C=O) groups is 2. The van der Waals surface area contributed by atoms with Gasteiger partial charge in [-0.15, -0.1) is 0 Å². The number of benzene rings is 2. The molecule has 0 spiro atoms. The van der Waals surface area contributed by atoms with Crippen LogP contribution in [0.4, 0.5) is 0 Å². The van der Waals surface area contributed by atoms with Crippen LogP contribution < -0.4 is 15.6 Å². The average molecular weight is 389 g/mol. The van der Waals surface area contributed by atoms with Crippen LogP contribution in [0.1, 0.15) is 10.6 Å². The molecule has 24 heavy (non-hydrogen) atoms. The zero-order valence-corrected chi connectivity index (χ0v) is 14.0. The molecule has 0 radical (unpaired) electrons. The third-order valence-corrected chi connectivity index (χ3v) is 3.68. The number of rotatable bonds is 4. The molecule has 2 amide bonds. The van der Waals surface area contributed by atoms with Crippen molar-refractivity contribution in [3.8, 4) is 5.75 Å². The van der Waals surface area contributed by atoms with Crippen LogP contribution in [0, 0.1) is 0 Å². The van der Waals surface area contributed by atoms with E-state index in [1.807, 2.05) is 18.2 Å². The lowest BCUT2D eigenvalue weighted by molar-refractivity contribution is -0.123. The molecule has 6 nitrogen and oxygen atoms in total. The molecule has 3 aromatic rings. The first kappa shape index (κ1) is 16.1. The number of hydrogen-bond donors (Lipinski definition) is 2. The zero-order chi connectivity index (χ0) is 16.9. The third kappa shape index (κ3) is 3.94. The topological polar surface area (TPSA) is 80.6 Å². The van der Waals surface area contributed by atoms with Gasteiger partial charge in [0.15, 0.2) is 12.4 Å². The van der Waals surface area contributed by atoms with Crippen LogP contribution in [0.2, 0.25) is 0 Å². The summed E-state index contributed by atoms with van der Waals surface area (Å²) in [7, 11) is 0. The fourth-order valence-corrected chi connectivity index (χ4v) is 2.26. The quantitative estimate of drug-likeness (QED) is 0.673. The molecular weight excluding hydrogens is 376 g/mol. The van der Waals surface area contributed by atoms with Crippen molar-refractivity contribution in [2.24, 2.45) is 0 Å². The van der Waals surface area contributed by atoms with Crippen molar-refractivity contribution in [3.63, 3.8) is 0 Å². The molecule has 0 fully saturated rings. The first-order valence-electron chi connectivity index (χ1n) is 7.08. The van der Waals surface area contributed by atoms with Crippen LogP contribution in [-0.2, 0) is 4.79 Å². The molecule has 7 heteroatoms. The van der Waals surface area contributed by atoms with E-state index in [1.54, 1.807) is 36.4 Å². The number of para-hydroxylation sites is 1. The van der Waals surface area contributed by atoms with Crippen LogP contribution in [-0.4, -0.2) is 18.4 Å². The van der Waals surface area contributed by atoms with Gasteiger partial charge in [0.2, 0.25) is 0 Å². The molecule has 0 saturated heterocycles. The van der Waals surface area contributed by atoms with Crippen molar-refractivity contribution in [1.82, 2.24) is 10.9 Å². The summed E-state index contributed by atoms with van der Waals surface area (Å²) in [6.07, 6.45) is 0. The van der Waals surface area contributed by atoms with Gasteiger partial charge in [-0.3, -0.25) is 20.4 Å². The Hall–Kier alpha value is -2.80. The molecule has 122 valence electrons. The van der Waals surface area contributed by atoms with Crippen molar-refractivity contribution in [2.75, 3.05) is 6.61 Å². The van der Waals surface area contributed by atoms with E-state index >= 15 is 0 Å². The fraction of sp³-hybridized carbons (Fsp3) is 0.0588. The summed E-state index contributed by atoms with van der Waals surface area (Å²) in [4.78, 5) is 23.7. The first-order valence-corrected chi connectivity index (χ1v) is 7.87. The Bertz CT molecular complexity index is 841. The smallest absolute Gasteiger partial charge is 0.305 e. The third-order valence-electron chi connectivity index (χ3n) is 3.15. The summed E-state index contributed by atoms with van der Waals surface area (Å²) in [6, 6.07) is 15.9. The highest BCUT2D eigenvalue weighted by molar-refractivity contribution is 9.10. The first-order chi connectivity index (χ1) is 11.6. The minimum absolute atomic E-state index is 0.116. The highest BCUT2D eigenvalue weighted by Gasteiger charge is 2.13. The number of amides is 2. The van der Waals surface area contributed by atoms with Crippen LogP contribution in [0.3, 0.4) is 0 Å². The normalized spacial score (nSPS) is 10.4. The van der Waals surface area contributed by atoms with Gasteiger partial charge in [0, 0.05) is 9.86 Å². The zero-order valence-electron chi connectivity index (χ0n) is 12.4. The van der Waals surface area contributed by atoms with E-state index in [4.69, 9.17) is 9.15 Å². The van der Waals surface area contributed by atoms with Crippen LogP contribution >= 0.6 is 15.9 Å². The maximum atomic E-state index is 12.0. The monoisotopic (exact) mass is 388 g/mol. The predicted octanol–water partition coefficient (Wildman–Crippen LogP) is 3.04. The highest BCUT2D eigenvalue weighted by atomic mass is 79.9. The molecule has 0 atom stereocenters. The van der Waals surface area contributed by atoms with E-state index in [2.05, 4.69) is 26.8 Å². The molecule has 1 aromatic heterocycles. The number of fused-ring (bicyclic) bond motifs is 1. The van der Waals surface area contributed by atoms with Crippen molar-refractivity contribution in [3.05, 3.63) is 64.8 Å². The van der Waals surface area contributed by atoms with Crippen LogP contribution in [0.5, 0.6) is 5.75 Å². The van der Waals surface area contributed by atoms with Gasteiger partial charge in [-0.25, -0.2) is 0 Å². The molecule has 0 saturated carbocycles. The molecule has 2 N–H and O–H groups in total. The van der Waals surface area contributed by atoms with Gasteiger partial charge in [-0.2, -0.15) is 0 Å². The number of hydrogen-bond acceptors (Lipinski definition) is 4. The van der Waals surface area contributed by atoms with Gasteiger partial charge >= 0.3 is 5.91 Å². The van der Waals surface area contributed by atoms with Crippen LogP contribution in [0.25, 0.3) is 11.0 Å².